The number of aromatic nitrogens is 2. The fourth-order valence-electron chi connectivity index (χ4n) is 1.88. The van der Waals surface area contributed by atoms with Crippen LogP contribution in [0.25, 0.3) is 16.9 Å². The normalized spacial score (nSPS) is 10.5. The molecule has 0 bridgehead atoms. The molecular formula is C14H11BrCl2N2. The van der Waals surface area contributed by atoms with E-state index in [1.807, 2.05) is 48.0 Å². The standard InChI is InChI=1S/C14H10Cl2N2.BrH/c1-9-4-5-18-8-13(17-14(18)6-9)10-2-3-11(15)12(16)7-10;/h2-8H,1H3;1H. The maximum Gasteiger partial charge on any atom is 0.137 e. The Labute approximate surface area is 131 Å². The first-order valence-corrected chi connectivity index (χ1v) is 6.30. The molecule has 3 aromatic rings. The van der Waals surface area contributed by atoms with Gasteiger partial charge in [-0.2, -0.15) is 0 Å². The number of hydrogen-bond donors (Lipinski definition) is 0. The molecular weight excluding hydrogens is 347 g/mol. The van der Waals surface area contributed by atoms with Crippen LogP contribution in [0.3, 0.4) is 0 Å². The van der Waals surface area contributed by atoms with Crippen LogP contribution in [0.5, 0.6) is 0 Å². The predicted molar refractivity (Wildman–Crippen MR) is 85.7 cm³/mol. The largest absolute Gasteiger partial charge is 0.306 e. The van der Waals surface area contributed by atoms with Gasteiger partial charge in [-0.1, -0.05) is 29.3 Å². The van der Waals surface area contributed by atoms with Crippen molar-refractivity contribution in [2.75, 3.05) is 0 Å². The average Bonchev–Trinajstić information content (AvgIpc) is 2.75. The maximum absolute atomic E-state index is 6.02. The Bertz CT molecular complexity index is 737. The Morgan fingerprint density at radius 2 is 1.84 bits per heavy atom. The summed E-state index contributed by atoms with van der Waals surface area (Å²) >= 11 is 11.9. The molecule has 5 heteroatoms. The van der Waals surface area contributed by atoms with Gasteiger partial charge in [-0.3, -0.25) is 0 Å². The quantitative estimate of drug-likeness (QED) is 0.585. The van der Waals surface area contributed by atoms with Crippen LogP contribution in [0.4, 0.5) is 0 Å². The summed E-state index contributed by atoms with van der Waals surface area (Å²) < 4.78 is 1.99. The van der Waals surface area contributed by atoms with Gasteiger partial charge in [0, 0.05) is 18.0 Å². The lowest BCUT2D eigenvalue weighted by molar-refractivity contribution is 1.17. The van der Waals surface area contributed by atoms with E-state index in [0.29, 0.717) is 10.0 Å². The van der Waals surface area contributed by atoms with E-state index in [9.17, 15) is 0 Å². The van der Waals surface area contributed by atoms with Gasteiger partial charge in [-0.25, -0.2) is 4.98 Å². The Morgan fingerprint density at radius 1 is 1.05 bits per heavy atom. The maximum atomic E-state index is 6.02. The molecule has 2 aromatic heterocycles. The average molecular weight is 358 g/mol. The summed E-state index contributed by atoms with van der Waals surface area (Å²) in [6.45, 7) is 2.05. The molecule has 98 valence electrons. The Hall–Kier alpha value is -1.03. The molecule has 0 atom stereocenters. The second kappa shape index (κ2) is 5.53. The van der Waals surface area contributed by atoms with Crippen LogP contribution in [-0.2, 0) is 0 Å². The van der Waals surface area contributed by atoms with Gasteiger partial charge in [0.2, 0.25) is 0 Å². The van der Waals surface area contributed by atoms with E-state index in [0.717, 1.165) is 16.9 Å². The summed E-state index contributed by atoms with van der Waals surface area (Å²) in [6.07, 6.45) is 3.98. The Morgan fingerprint density at radius 3 is 2.58 bits per heavy atom. The number of aryl methyl sites for hydroxylation is 1. The van der Waals surface area contributed by atoms with Crippen LogP contribution < -0.4 is 0 Å². The molecule has 0 amide bonds. The number of imidazole rings is 1. The van der Waals surface area contributed by atoms with E-state index in [2.05, 4.69) is 4.98 Å². The molecule has 0 saturated heterocycles. The highest BCUT2D eigenvalue weighted by atomic mass is 79.9. The third kappa shape index (κ3) is 2.78. The van der Waals surface area contributed by atoms with Crippen molar-refractivity contribution in [3.8, 4) is 11.3 Å². The number of rotatable bonds is 1. The fraction of sp³-hybridized carbons (Fsp3) is 0.0714. The second-order valence-electron chi connectivity index (χ2n) is 4.22. The zero-order chi connectivity index (χ0) is 12.7. The van der Waals surface area contributed by atoms with Crippen molar-refractivity contribution >= 4 is 45.8 Å². The molecule has 0 fully saturated rings. The van der Waals surface area contributed by atoms with Crippen LogP contribution >= 0.6 is 40.2 Å². The summed E-state index contributed by atoms with van der Waals surface area (Å²) in [5, 5.41) is 1.10. The zero-order valence-corrected chi connectivity index (χ0v) is 13.3. The minimum atomic E-state index is 0. The molecule has 0 spiro atoms. The minimum Gasteiger partial charge on any atom is -0.306 e. The van der Waals surface area contributed by atoms with Gasteiger partial charge in [0.1, 0.15) is 5.65 Å². The monoisotopic (exact) mass is 356 g/mol. The van der Waals surface area contributed by atoms with Crippen molar-refractivity contribution < 1.29 is 0 Å². The summed E-state index contributed by atoms with van der Waals surface area (Å²) in [6, 6.07) is 9.63. The molecule has 0 unspecified atom stereocenters. The molecule has 3 rings (SSSR count). The smallest absolute Gasteiger partial charge is 0.137 e. The first-order valence-electron chi connectivity index (χ1n) is 5.54. The second-order valence-corrected chi connectivity index (χ2v) is 5.04. The first kappa shape index (κ1) is 14.4. The molecule has 0 saturated carbocycles. The molecule has 2 heterocycles. The van der Waals surface area contributed by atoms with Gasteiger partial charge in [-0.05, 0) is 36.8 Å². The highest BCUT2D eigenvalue weighted by Crippen LogP contribution is 2.28. The van der Waals surface area contributed by atoms with Crippen LogP contribution in [0.15, 0.2) is 42.7 Å². The van der Waals surface area contributed by atoms with E-state index in [-0.39, 0.29) is 17.0 Å². The third-order valence-electron chi connectivity index (χ3n) is 2.83. The van der Waals surface area contributed by atoms with E-state index in [4.69, 9.17) is 23.2 Å². The number of fused-ring (bicyclic) bond motifs is 1. The predicted octanol–water partition coefficient (Wildman–Crippen LogP) is 5.19. The van der Waals surface area contributed by atoms with Crippen LogP contribution in [0.2, 0.25) is 10.0 Å². The molecule has 0 radical (unpaired) electrons. The van der Waals surface area contributed by atoms with Gasteiger partial charge < -0.3 is 4.40 Å². The van der Waals surface area contributed by atoms with Crippen LogP contribution in [-0.4, -0.2) is 9.38 Å². The summed E-state index contributed by atoms with van der Waals surface area (Å²) in [4.78, 5) is 4.58. The fourth-order valence-corrected chi connectivity index (χ4v) is 2.18. The number of benzene rings is 1. The number of nitrogens with zero attached hydrogens (tertiary/aromatic N) is 2. The van der Waals surface area contributed by atoms with Crippen molar-refractivity contribution in [1.29, 1.82) is 0 Å². The Kier molecular flexibility index (Phi) is 4.19. The molecule has 0 N–H and O–H groups in total. The van der Waals surface area contributed by atoms with Crippen LogP contribution in [0.1, 0.15) is 5.56 Å². The molecule has 19 heavy (non-hydrogen) atoms. The molecule has 0 aliphatic rings. The molecule has 0 aliphatic carbocycles. The van der Waals surface area contributed by atoms with Gasteiger partial charge >= 0.3 is 0 Å². The topological polar surface area (TPSA) is 17.3 Å². The lowest BCUT2D eigenvalue weighted by Crippen LogP contribution is -1.81. The number of halogens is 3. The summed E-state index contributed by atoms with van der Waals surface area (Å²) in [5.74, 6) is 0. The lowest BCUT2D eigenvalue weighted by atomic mass is 10.2. The highest BCUT2D eigenvalue weighted by molar-refractivity contribution is 8.93. The van der Waals surface area contributed by atoms with Crippen molar-refractivity contribution in [3.05, 3.63) is 58.3 Å². The Balaban J connectivity index is 0.00000133. The SMILES string of the molecule is Br.Cc1ccn2cc(-c3ccc(Cl)c(Cl)c3)nc2c1. The van der Waals surface area contributed by atoms with Crippen molar-refractivity contribution in [2.45, 2.75) is 6.92 Å². The molecule has 2 nitrogen and oxygen atoms in total. The molecule has 1 aromatic carbocycles. The summed E-state index contributed by atoms with van der Waals surface area (Å²) in [7, 11) is 0. The van der Waals surface area contributed by atoms with Crippen molar-refractivity contribution in [2.24, 2.45) is 0 Å². The number of pyridine rings is 1. The lowest BCUT2D eigenvalue weighted by Gasteiger charge is -1.98. The first-order chi connectivity index (χ1) is 8.63. The number of hydrogen-bond acceptors (Lipinski definition) is 1. The highest BCUT2D eigenvalue weighted by Gasteiger charge is 2.06. The van der Waals surface area contributed by atoms with Crippen LogP contribution in [0, 0.1) is 6.92 Å². The van der Waals surface area contributed by atoms with Gasteiger partial charge in [0.15, 0.2) is 0 Å². The minimum absolute atomic E-state index is 0. The van der Waals surface area contributed by atoms with Gasteiger partial charge in [-0.15, -0.1) is 17.0 Å². The van der Waals surface area contributed by atoms with E-state index >= 15 is 0 Å². The van der Waals surface area contributed by atoms with Gasteiger partial charge in [0.25, 0.3) is 0 Å². The van der Waals surface area contributed by atoms with E-state index in [1.165, 1.54) is 5.56 Å². The third-order valence-corrected chi connectivity index (χ3v) is 3.57. The molecule has 0 aliphatic heterocycles. The van der Waals surface area contributed by atoms with Crippen molar-refractivity contribution in [1.82, 2.24) is 9.38 Å². The van der Waals surface area contributed by atoms with Gasteiger partial charge in [0.05, 0.1) is 15.7 Å². The zero-order valence-electron chi connectivity index (χ0n) is 10.1. The summed E-state index contributed by atoms with van der Waals surface area (Å²) in [5.41, 5.74) is 3.97. The van der Waals surface area contributed by atoms with Crippen molar-refractivity contribution in [3.63, 3.8) is 0 Å². The van der Waals surface area contributed by atoms with E-state index < -0.39 is 0 Å². The van der Waals surface area contributed by atoms with E-state index in [1.54, 1.807) is 6.07 Å².